The molecule has 0 spiro atoms. The van der Waals surface area contributed by atoms with Crippen LogP contribution in [0.3, 0.4) is 0 Å². The van der Waals surface area contributed by atoms with E-state index in [0.717, 1.165) is 20.4 Å². The second-order valence-electron chi connectivity index (χ2n) is 5.41. The molecule has 2 aromatic carbocycles. The molecule has 3 nitrogen and oxygen atoms in total. The summed E-state index contributed by atoms with van der Waals surface area (Å²) in [5, 5.41) is 3.93. The number of benzene rings is 2. The number of nitrogens with zero attached hydrogens (tertiary/aromatic N) is 1. The number of thioether (sulfide) groups is 1. The van der Waals surface area contributed by atoms with Crippen molar-refractivity contribution in [2.75, 3.05) is 12.0 Å². The maximum atomic E-state index is 12.6. The van der Waals surface area contributed by atoms with Gasteiger partial charge in [0, 0.05) is 14.3 Å². The first-order valence-corrected chi connectivity index (χ1v) is 10.1. The summed E-state index contributed by atoms with van der Waals surface area (Å²) in [6, 6.07) is 13.6. The molecule has 1 fully saturated rings. The van der Waals surface area contributed by atoms with E-state index >= 15 is 0 Å². The van der Waals surface area contributed by atoms with Crippen molar-refractivity contribution in [3.05, 3.63) is 67.1 Å². The summed E-state index contributed by atoms with van der Waals surface area (Å²) < 4.78 is 1.71. The molecule has 0 aromatic heterocycles. The number of rotatable bonds is 4. The SMILES string of the molecule is Cc1c(Cl)cccc1NCN1C(=O)/C(=C\c2ccc(I)cc2)SC1=S. The quantitative estimate of drug-likeness (QED) is 0.340. The van der Waals surface area contributed by atoms with Crippen LogP contribution in [0.4, 0.5) is 5.69 Å². The van der Waals surface area contributed by atoms with Crippen LogP contribution in [0, 0.1) is 10.5 Å². The highest BCUT2D eigenvalue weighted by molar-refractivity contribution is 14.1. The highest BCUT2D eigenvalue weighted by Gasteiger charge is 2.31. The number of thiocarbonyl (C=S) groups is 1. The molecule has 128 valence electrons. The van der Waals surface area contributed by atoms with Gasteiger partial charge in [-0.15, -0.1) is 0 Å². The van der Waals surface area contributed by atoms with E-state index in [9.17, 15) is 4.79 Å². The summed E-state index contributed by atoms with van der Waals surface area (Å²) >= 11 is 15.1. The van der Waals surface area contributed by atoms with E-state index in [1.807, 2.05) is 55.5 Å². The highest BCUT2D eigenvalue weighted by Crippen LogP contribution is 2.33. The molecule has 7 heteroatoms. The molecule has 0 atom stereocenters. The second kappa shape index (κ2) is 8.07. The van der Waals surface area contributed by atoms with Crippen LogP contribution < -0.4 is 5.32 Å². The molecule has 0 saturated carbocycles. The van der Waals surface area contributed by atoms with Crippen LogP contribution in [-0.2, 0) is 4.79 Å². The predicted molar refractivity (Wildman–Crippen MR) is 119 cm³/mol. The van der Waals surface area contributed by atoms with Gasteiger partial charge in [0.1, 0.15) is 4.32 Å². The number of amides is 1. The first-order valence-electron chi connectivity index (χ1n) is 7.45. The van der Waals surface area contributed by atoms with E-state index < -0.39 is 0 Å². The summed E-state index contributed by atoms with van der Waals surface area (Å²) in [5.74, 6) is -0.0827. The molecule has 1 heterocycles. The van der Waals surface area contributed by atoms with Gasteiger partial charge in [-0.25, -0.2) is 0 Å². The monoisotopic (exact) mass is 500 g/mol. The summed E-state index contributed by atoms with van der Waals surface area (Å²) in [7, 11) is 0. The van der Waals surface area contributed by atoms with Crippen molar-refractivity contribution in [1.82, 2.24) is 4.90 Å². The lowest BCUT2D eigenvalue weighted by atomic mass is 10.2. The molecule has 25 heavy (non-hydrogen) atoms. The molecule has 1 aliphatic heterocycles. The molecule has 1 saturated heterocycles. The third-order valence-electron chi connectivity index (χ3n) is 3.74. The number of anilines is 1. The minimum absolute atomic E-state index is 0.0827. The number of nitrogens with one attached hydrogen (secondary N) is 1. The van der Waals surface area contributed by atoms with E-state index in [2.05, 4.69) is 27.9 Å². The van der Waals surface area contributed by atoms with Crippen LogP contribution in [-0.4, -0.2) is 21.8 Å². The molecule has 0 unspecified atom stereocenters. The van der Waals surface area contributed by atoms with Crippen LogP contribution in [0.25, 0.3) is 6.08 Å². The Labute approximate surface area is 175 Å². The van der Waals surface area contributed by atoms with Crippen molar-refractivity contribution < 1.29 is 4.79 Å². The number of halogens is 2. The Kier molecular flexibility index (Phi) is 6.04. The molecule has 1 N–H and O–H groups in total. The Bertz CT molecular complexity index is 868. The van der Waals surface area contributed by atoms with Crippen molar-refractivity contribution in [3.8, 4) is 0 Å². The van der Waals surface area contributed by atoms with Crippen molar-refractivity contribution in [1.29, 1.82) is 0 Å². The van der Waals surface area contributed by atoms with E-state index in [1.165, 1.54) is 11.8 Å². The smallest absolute Gasteiger partial charge is 0.267 e. The normalized spacial score (nSPS) is 16.0. The maximum absolute atomic E-state index is 12.6. The largest absolute Gasteiger partial charge is 0.367 e. The molecule has 3 rings (SSSR count). The summed E-state index contributed by atoms with van der Waals surface area (Å²) in [6.45, 7) is 2.25. The van der Waals surface area contributed by atoms with Gasteiger partial charge >= 0.3 is 0 Å². The zero-order valence-electron chi connectivity index (χ0n) is 13.3. The Morgan fingerprint density at radius 1 is 1.28 bits per heavy atom. The fourth-order valence-corrected chi connectivity index (χ4v) is 4.10. The molecule has 0 bridgehead atoms. The van der Waals surface area contributed by atoms with Gasteiger partial charge in [0.15, 0.2) is 0 Å². The molecular formula is C18H14ClIN2OS2. The van der Waals surface area contributed by atoms with Crippen LogP contribution >= 0.6 is 58.2 Å². The van der Waals surface area contributed by atoms with E-state index in [-0.39, 0.29) is 5.91 Å². The molecule has 1 aliphatic rings. The third kappa shape index (κ3) is 4.36. The van der Waals surface area contributed by atoms with E-state index in [1.54, 1.807) is 4.90 Å². The Morgan fingerprint density at radius 3 is 2.72 bits per heavy atom. The number of hydrogen-bond donors (Lipinski definition) is 1. The van der Waals surface area contributed by atoms with Gasteiger partial charge in [0.05, 0.1) is 11.6 Å². The third-order valence-corrected chi connectivity index (χ3v) is 6.24. The average Bonchev–Trinajstić information content (AvgIpc) is 2.85. The van der Waals surface area contributed by atoms with Crippen molar-refractivity contribution in [2.24, 2.45) is 0 Å². The zero-order chi connectivity index (χ0) is 18.0. The molecule has 1 amide bonds. The lowest BCUT2D eigenvalue weighted by Crippen LogP contribution is -2.33. The maximum Gasteiger partial charge on any atom is 0.267 e. The van der Waals surface area contributed by atoms with Gasteiger partial charge in [0.25, 0.3) is 5.91 Å². The summed E-state index contributed by atoms with van der Waals surface area (Å²) in [6.07, 6.45) is 1.88. The van der Waals surface area contributed by atoms with E-state index in [4.69, 9.17) is 23.8 Å². The number of carbonyl (C=O) groups excluding carboxylic acids is 1. The molecule has 2 aromatic rings. The van der Waals surface area contributed by atoms with Gasteiger partial charge in [-0.3, -0.25) is 9.69 Å². The Morgan fingerprint density at radius 2 is 2.00 bits per heavy atom. The van der Waals surface area contributed by atoms with Crippen LogP contribution in [0.15, 0.2) is 47.4 Å². The van der Waals surface area contributed by atoms with Crippen molar-refractivity contribution in [2.45, 2.75) is 6.92 Å². The van der Waals surface area contributed by atoms with Crippen LogP contribution in [0.5, 0.6) is 0 Å². The number of carbonyl (C=O) groups is 1. The number of hydrogen-bond acceptors (Lipinski definition) is 4. The summed E-state index contributed by atoms with van der Waals surface area (Å²) in [5.41, 5.74) is 2.83. The van der Waals surface area contributed by atoms with Gasteiger partial charge in [-0.05, 0) is 71.0 Å². The minimum atomic E-state index is -0.0827. The highest BCUT2D eigenvalue weighted by atomic mass is 127. The molecule has 0 radical (unpaired) electrons. The van der Waals surface area contributed by atoms with Gasteiger partial charge in [-0.1, -0.05) is 53.8 Å². The Balaban J connectivity index is 1.73. The second-order valence-corrected chi connectivity index (χ2v) is 8.74. The lowest BCUT2D eigenvalue weighted by molar-refractivity contribution is -0.121. The topological polar surface area (TPSA) is 32.3 Å². The lowest BCUT2D eigenvalue weighted by Gasteiger charge is -2.17. The summed E-state index contributed by atoms with van der Waals surface area (Å²) in [4.78, 5) is 14.8. The predicted octanol–water partition coefficient (Wildman–Crippen LogP) is 5.52. The molecular weight excluding hydrogens is 487 g/mol. The van der Waals surface area contributed by atoms with Crippen molar-refractivity contribution >= 4 is 80.2 Å². The van der Waals surface area contributed by atoms with Crippen molar-refractivity contribution in [3.63, 3.8) is 0 Å². The van der Waals surface area contributed by atoms with Crippen LogP contribution in [0.1, 0.15) is 11.1 Å². The first kappa shape index (κ1) is 18.7. The van der Waals surface area contributed by atoms with Gasteiger partial charge < -0.3 is 5.32 Å². The fraction of sp³-hybridized carbons (Fsp3) is 0.111. The van der Waals surface area contributed by atoms with Gasteiger partial charge in [0.2, 0.25) is 0 Å². The van der Waals surface area contributed by atoms with Crippen LogP contribution in [0.2, 0.25) is 5.02 Å². The standard InChI is InChI=1S/C18H14ClIN2OS2/c1-11-14(19)3-2-4-15(11)21-10-22-17(23)16(25-18(22)24)9-12-5-7-13(20)8-6-12/h2-9,21H,10H2,1H3/b16-9+. The molecule has 0 aliphatic carbocycles. The first-order chi connectivity index (χ1) is 12.0. The average molecular weight is 501 g/mol. The Hall–Kier alpha value is -1.09. The van der Waals surface area contributed by atoms with Gasteiger partial charge in [-0.2, -0.15) is 0 Å². The van der Waals surface area contributed by atoms with E-state index in [0.29, 0.717) is 20.9 Å². The fourth-order valence-electron chi connectivity index (χ4n) is 2.31. The zero-order valence-corrected chi connectivity index (χ0v) is 17.8. The minimum Gasteiger partial charge on any atom is -0.367 e.